The number of benzene rings is 2. The summed E-state index contributed by atoms with van der Waals surface area (Å²) >= 11 is 0. The predicted octanol–water partition coefficient (Wildman–Crippen LogP) is 3.09. The number of hydrogen-bond acceptors (Lipinski definition) is 1. The molecule has 0 saturated heterocycles. The van der Waals surface area contributed by atoms with Crippen LogP contribution in [0.5, 0.6) is 0 Å². The summed E-state index contributed by atoms with van der Waals surface area (Å²) in [6, 6.07) is 7.76. The van der Waals surface area contributed by atoms with Gasteiger partial charge in [-0.15, -0.1) is 0 Å². The minimum absolute atomic E-state index is 0.459. The SMILES string of the molecule is Nc1cccc(C#Cc2c(F)cc(F)cc2F)c1. The Hall–Kier alpha value is -2.41. The largest absolute Gasteiger partial charge is 0.399 e. The third kappa shape index (κ3) is 2.64. The zero-order chi connectivity index (χ0) is 13.1. The Bertz CT molecular complexity index is 631. The van der Waals surface area contributed by atoms with Crippen molar-refractivity contribution >= 4 is 5.69 Å². The van der Waals surface area contributed by atoms with Crippen LogP contribution in [0.2, 0.25) is 0 Å². The van der Waals surface area contributed by atoms with Crippen LogP contribution in [0.15, 0.2) is 36.4 Å². The van der Waals surface area contributed by atoms with Crippen LogP contribution in [-0.2, 0) is 0 Å². The first kappa shape index (κ1) is 12.1. The quantitative estimate of drug-likeness (QED) is 0.562. The fourth-order valence-corrected chi connectivity index (χ4v) is 1.41. The van der Waals surface area contributed by atoms with Crippen LogP contribution in [0, 0.1) is 29.3 Å². The van der Waals surface area contributed by atoms with Gasteiger partial charge < -0.3 is 5.73 Å². The first-order valence-corrected chi connectivity index (χ1v) is 5.08. The van der Waals surface area contributed by atoms with Gasteiger partial charge in [0, 0.05) is 23.4 Å². The Morgan fingerprint density at radius 2 is 1.56 bits per heavy atom. The van der Waals surface area contributed by atoms with Gasteiger partial charge >= 0.3 is 0 Å². The molecule has 2 rings (SSSR count). The summed E-state index contributed by atoms with van der Waals surface area (Å²) in [7, 11) is 0. The van der Waals surface area contributed by atoms with Gasteiger partial charge in [-0.2, -0.15) is 0 Å². The molecule has 2 aromatic rings. The summed E-state index contributed by atoms with van der Waals surface area (Å²) in [5.41, 5.74) is 6.11. The molecule has 0 saturated carbocycles. The zero-order valence-electron chi connectivity index (χ0n) is 9.18. The van der Waals surface area contributed by atoms with E-state index in [9.17, 15) is 13.2 Å². The molecule has 0 aliphatic carbocycles. The summed E-state index contributed by atoms with van der Waals surface area (Å²) in [5.74, 6) is 1.88. The number of rotatable bonds is 0. The molecule has 2 aromatic carbocycles. The highest BCUT2D eigenvalue weighted by Gasteiger charge is 2.08. The summed E-state index contributed by atoms with van der Waals surface area (Å²) in [4.78, 5) is 0. The lowest BCUT2D eigenvalue weighted by molar-refractivity contribution is 0.539. The van der Waals surface area contributed by atoms with E-state index in [1.54, 1.807) is 24.3 Å². The number of nitrogen functional groups attached to an aromatic ring is 1. The molecule has 0 heterocycles. The van der Waals surface area contributed by atoms with Crippen molar-refractivity contribution in [2.45, 2.75) is 0 Å². The van der Waals surface area contributed by atoms with E-state index in [0.717, 1.165) is 0 Å². The van der Waals surface area contributed by atoms with Crippen LogP contribution in [-0.4, -0.2) is 0 Å². The van der Waals surface area contributed by atoms with Crippen molar-refractivity contribution in [3.05, 3.63) is 65.0 Å². The van der Waals surface area contributed by atoms with Gasteiger partial charge in [-0.25, -0.2) is 13.2 Å². The molecule has 18 heavy (non-hydrogen) atoms. The van der Waals surface area contributed by atoms with Crippen LogP contribution >= 0.6 is 0 Å². The van der Waals surface area contributed by atoms with Gasteiger partial charge in [0.15, 0.2) is 0 Å². The third-order valence-electron chi connectivity index (χ3n) is 2.23. The molecular formula is C14H8F3N. The topological polar surface area (TPSA) is 26.0 Å². The van der Waals surface area contributed by atoms with Crippen molar-refractivity contribution in [3.8, 4) is 11.8 Å². The molecule has 0 atom stereocenters. The maximum atomic E-state index is 13.3. The molecule has 0 aliphatic heterocycles. The van der Waals surface area contributed by atoms with Crippen molar-refractivity contribution in [3.63, 3.8) is 0 Å². The molecule has 0 fully saturated rings. The molecule has 0 unspecified atom stereocenters. The maximum absolute atomic E-state index is 13.3. The number of hydrogen-bond donors (Lipinski definition) is 1. The maximum Gasteiger partial charge on any atom is 0.144 e. The Morgan fingerprint density at radius 1 is 0.889 bits per heavy atom. The smallest absolute Gasteiger partial charge is 0.144 e. The first-order valence-electron chi connectivity index (χ1n) is 5.08. The van der Waals surface area contributed by atoms with E-state index in [1.807, 2.05) is 0 Å². The normalized spacial score (nSPS) is 9.72. The van der Waals surface area contributed by atoms with Crippen LogP contribution in [0.4, 0.5) is 18.9 Å². The lowest BCUT2D eigenvalue weighted by Crippen LogP contribution is -1.92. The van der Waals surface area contributed by atoms with Gasteiger partial charge in [0.2, 0.25) is 0 Å². The Morgan fingerprint density at radius 3 is 2.17 bits per heavy atom. The molecule has 0 bridgehead atoms. The summed E-state index contributed by atoms with van der Waals surface area (Å²) in [5, 5.41) is 0. The second-order valence-electron chi connectivity index (χ2n) is 3.62. The van der Waals surface area contributed by atoms with Crippen LogP contribution < -0.4 is 5.73 Å². The molecule has 90 valence electrons. The molecule has 1 nitrogen and oxygen atoms in total. The van der Waals surface area contributed by atoms with Crippen molar-refractivity contribution in [1.29, 1.82) is 0 Å². The first-order chi connectivity index (χ1) is 8.56. The summed E-state index contributed by atoms with van der Waals surface area (Å²) in [6.45, 7) is 0. The fraction of sp³-hybridized carbons (Fsp3) is 0. The highest BCUT2D eigenvalue weighted by Crippen LogP contribution is 2.14. The summed E-state index contributed by atoms with van der Waals surface area (Å²) in [6.07, 6.45) is 0. The van der Waals surface area contributed by atoms with Crippen molar-refractivity contribution in [2.24, 2.45) is 0 Å². The van der Waals surface area contributed by atoms with E-state index in [0.29, 0.717) is 23.4 Å². The van der Waals surface area contributed by atoms with Crippen LogP contribution in [0.1, 0.15) is 11.1 Å². The number of halogens is 3. The Balaban J connectivity index is 2.42. The van der Waals surface area contributed by atoms with Crippen LogP contribution in [0.25, 0.3) is 0 Å². The molecule has 0 radical (unpaired) electrons. The zero-order valence-corrected chi connectivity index (χ0v) is 9.18. The number of anilines is 1. The molecular weight excluding hydrogens is 239 g/mol. The Kier molecular flexibility index (Phi) is 3.24. The van der Waals surface area contributed by atoms with Gasteiger partial charge in [0.25, 0.3) is 0 Å². The van der Waals surface area contributed by atoms with E-state index in [2.05, 4.69) is 11.8 Å². The molecule has 0 aliphatic rings. The molecule has 2 N–H and O–H groups in total. The minimum Gasteiger partial charge on any atom is -0.399 e. The lowest BCUT2D eigenvalue weighted by atomic mass is 10.1. The van der Waals surface area contributed by atoms with Gasteiger partial charge in [0.05, 0.1) is 5.56 Å². The molecule has 4 heteroatoms. The second-order valence-corrected chi connectivity index (χ2v) is 3.62. The van der Waals surface area contributed by atoms with Crippen LogP contribution in [0.3, 0.4) is 0 Å². The van der Waals surface area contributed by atoms with Crippen molar-refractivity contribution < 1.29 is 13.2 Å². The molecule has 0 spiro atoms. The van der Waals surface area contributed by atoms with Gasteiger partial charge in [-0.05, 0) is 18.2 Å². The van der Waals surface area contributed by atoms with Crippen molar-refractivity contribution in [1.82, 2.24) is 0 Å². The van der Waals surface area contributed by atoms with Gasteiger partial charge in [-0.1, -0.05) is 17.9 Å². The second kappa shape index (κ2) is 4.84. The highest BCUT2D eigenvalue weighted by atomic mass is 19.1. The minimum atomic E-state index is -1.02. The Labute approximate surface area is 102 Å². The van der Waals surface area contributed by atoms with Crippen molar-refractivity contribution in [2.75, 3.05) is 5.73 Å². The average Bonchev–Trinajstić information content (AvgIpc) is 2.27. The van der Waals surface area contributed by atoms with E-state index in [4.69, 9.17) is 5.73 Å². The standard InChI is InChI=1S/C14H8F3N/c15-10-7-13(16)12(14(17)8-10)5-4-9-2-1-3-11(18)6-9/h1-3,6-8H,18H2. The summed E-state index contributed by atoms with van der Waals surface area (Å²) < 4.78 is 39.3. The monoisotopic (exact) mass is 247 g/mol. The highest BCUT2D eigenvalue weighted by molar-refractivity contribution is 5.50. The fourth-order valence-electron chi connectivity index (χ4n) is 1.41. The van der Waals surface area contributed by atoms with E-state index >= 15 is 0 Å². The predicted molar refractivity (Wildman–Crippen MR) is 63.2 cm³/mol. The third-order valence-corrected chi connectivity index (χ3v) is 2.23. The van der Waals surface area contributed by atoms with Gasteiger partial charge in [0.1, 0.15) is 17.5 Å². The van der Waals surface area contributed by atoms with E-state index in [-0.39, 0.29) is 0 Å². The van der Waals surface area contributed by atoms with E-state index < -0.39 is 23.0 Å². The van der Waals surface area contributed by atoms with E-state index in [1.165, 1.54) is 0 Å². The lowest BCUT2D eigenvalue weighted by Gasteiger charge is -1.97. The average molecular weight is 247 g/mol. The van der Waals surface area contributed by atoms with Gasteiger partial charge in [-0.3, -0.25) is 0 Å². The number of nitrogens with two attached hydrogens (primary N) is 1. The molecule has 0 amide bonds. The molecule has 0 aromatic heterocycles.